The minimum absolute atomic E-state index is 0.0542. The van der Waals surface area contributed by atoms with E-state index in [9.17, 15) is 5.11 Å². The number of hydrogen-bond donors (Lipinski definition) is 6. The van der Waals surface area contributed by atoms with Crippen LogP contribution in [0, 0.1) is 5.41 Å². The number of guanidine groups is 1. The van der Waals surface area contributed by atoms with Crippen molar-refractivity contribution in [3.05, 3.63) is 47.3 Å². The molecular formula is C16H24N6O2. The van der Waals surface area contributed by atoms with Gasteiger partial charge in [0, 0.05) is 18.7 Å². The summed E-state index contributed by atoms with van der Waals surface area (Å²) in [5.41, 5.74) is 13.5. The van der Waals surface area contributed by atoms with Gasteiger partial charge in [0.05, 0.1) is 12.3 Å². The average Bonchev–Trinajstić information content (AvgIpc) is 2.90. The van der Waals surface area contributed by atoms with Crippen molar-refractivity contribution in [1.82, 2.24) is 15.3 Å². The number of rotatable bonds is 9. The molecule has 2 aromatic rings. The second-order valence-corrected chi connectivity index (χ2v) is 5.45. The summed E-state index contributed by atoms with van der Waals surface area (Å²) in [7, 11) is 0. The maximum Gasteiger partial charge on any atom is 0.197 e. The number of hydrogen-bond acceptors (Lipinski definition) is 5. The van der Waals surface area contributed by atoms with E-state index in [-0.39, 0.29) is 12.4 Å². The molecule has 1 unspecified atom stereocenters. The number of nitrogens with zero attached hydrogens (tertiary/aromatic N) is 1. The number of nitrogen functional groups attached to an aromatic ring is 1. The van der Waals surface area contributed by atoms with E-state index in [1.54, 1.807) is 0 Å². The first-order valence-electron chi connectivity index (χ1n) is 7.79. The van der Waals surface area contributed by atoms with Crippen LogP contribution in [-0.2, 0) is 24.2 Å². The van der Waals surface area contributed by atoms with Crippen LogP contribution in [0.2, 0.25) is 0 Å². The maximum absolute atomic E-state index is 10.1. The van der Waals surface area contributed by atoms with E-state index in [0.717, 1.165) is 23.4 Å². The van der Waals surface area contributed by atoms with E-state index in [2.05, 4.69) is 15.3 Å². The molecule has 0 radical (unpaired) electrons. The number of nitrogens with one attached hydrogen (secondary N) is 3. The number of imidazole rings is 1. The first-order valence-corrected chi connectivity index (χ1v) is 7.79. The average molecular weight is 332 g/mol. The predicted molar refractivity (Wildman–Crippen MR) is 92.2 cm³/mol. The van der Waals surface area contributed by atoms with Crippen LogP contribution < -0.4 is 16.8 Å². The molecule has 8 heteroatoms. The van der Waals surface area contributed by atoms with E-state index in [1.165, 1.54) is 0 Å². The SMILES string of the molecule is N=C(N)NCCCc1nc(N)[nH]c1CC(O)OCc1ccccc1. The normalized spacial score (nSPS) is 12.0. The van der Waals surface area contributed by atoms with Crippen LogP contribution in [0.5, 0.6) is 0 Å². The minimum atomic E-state index is -0.945. The monoisotopic (exact) mass is 332 g/mol. The van der Waals surface area contributed by atoms with Crippen LogP contribution in [0.1, 0.15) is 23.4 Å². The summed E-state index contributed by atoms with van der Waals surface area (Å²) in [6, 6.07) is 9.66. The molecule has 0 saturated heterocycles. The zero-order valence-electron chi connectivity index (χ0n) is 13.5. The summed E-state index contributed by atoms with van der Waals surface area (Å²) in [5, 5.41) is 19.9. The lowest BCUT2D eigenvalue weighted by Crippen LogP contribution is -2.31. The van der Waals surface area contributed by atoms with Gasteiger partial charge in [0.1, 0.15) is 0 Å². The molecule has 8 N–H and O–H groups in total. The van der Waals surface area contributed by atoms with Crippen molar-refractivity contribution in [3.8, 4) is 0 Å². The molecular weight excluding hydrogens is 308 g/mol. The lowest BCUT2D eigenvalue weighted by molar-refractivity contribution is -0.107. The van der Waals surface area contributed by atoms with E-state index >= 15 is 0 Å². The Bertz CT molecular complexity index is 643. The van der Waals surface area contributed by atoms with Crippen molar-refractivity contribution in [3.63, 3.8) is 0 Å². The molecule has 0 aliphatic carbocycles. The lowest BCUT2D eigenvalue weighted by Gasteiger charge is -2.12. The molecule has 130 valence electrons. The van der Waals surface area contributed by atoms with E-state index in [1.807, 2.05) is 30.3 Å². The fraction of sp³-hybridized carbons (Fsp3) is 0.375. The van der Waals surface area contributed by atoms with Gasteiger partial charge in [-0.1, -0.05) is 30.3 Å². The van der Waals surface area contributed by atoms with E-state index in [0.29, 0.717) is 25.5 Å². The number of aliphatic hydroxyl groups excluding tert-OH is 1. The molecule has 0 aliphatic rings. The van der Waals surface area contributed by atoms with Gasteiger partial charge in [-0.2, -0.15) is 0 Å². The molecule has 1 heterocycles. The van der Waals surface area contributed by atoms with E-state index in [4.69, 9.17) is 21.6 Å². The molecule has 1 aromatic carbocycles. The van der Waals surface area contributed by atoms with Crippen molar-refractivity contribution in [2.24, 2.45) is 5.73 Å². The molecule has 0 aliphatic heterocycles. The van der Waals surface area contributed by atoms with Crippen LogP contribution in [0.15, 0.2) is 30.3 Å². The number of H-pyrrole nitrogens is 1. The second kappa shape index (κ2) is 8.90. The molecule has 24 heavy (non-hydrogen) atoms. The third-order valence-electron chi connectivity index (χ3n) is 3.45. The van der Waals surface area contributed by atoms with Crippen molar-refractivity contribution in [1.29, 1.82) is 5.41 Å². The van der Waals surface area contributed by atoms with Crippen LogP contribution >= 0.6 is 0 Å². The minimum Gasteiger partial charge on any atom is -0.370 e. The largest absolute Gasteiger partial charge is 0.370 e. The maximum atomic E-state index is 10.1. The summed E-state index contributed by atoms with van der Waals surface area (Å²) in [5.74, 6) is 0.260. The number of ether oxygens (including phenoxy) is 1. The number of benzene rings is 1. The Balaban J connectivity index is 1.83. The molecule has 0 spiro atoms. The standard InChI is InChI=1S/C16H24N6O2/c17-15(18)20-8-4-7-12-13(22-16(19)21-12)9-14(23)24-10-11-5-2-1-3-6-11/h1-3,5-6,14,23H,4,7-10H2,(H4,17,18,20)(H3,19,21,22). The molecule has 0 bridgehead atoms. The summed E-state index contributed by atoms with van der Waals surface area (Å²) >= 11 is 0. The topological polar surface area (TPSA) is 146 Å². The molecule has 1 aromatic heterocycles. The summed E-state index contributed by atoms with van der Waals surface area (Å²) < 4.78 is 5.46. The molecule has 0 saturated carbocycles. The molecule has 0 amide bonds. The number of aromatic amines is 1. The van der Waals surface area contributed by atoms with Gasteiger partial charge in [0.15, 0.2) is 18.2 Å². The van der Waals surface area contributed by atoms with Crippen molar-refractivity contribution in [2.45, 2.75) is 32.2 Å². The van der Waals surface area contributed by atoms with Crippen LogP contribution in [0.3, 0.4) is 0 Å². The Morgan fingerprint density at radius 3 is 2.83 bits per heavy atom. The quantitative estimate of drug-likeness (QED) is 0.170. The Morgan fingerprint density at radius 1 is 1.38 bits per heavy atom. The van der Waals surface area contributed by atoms with Gasteiger partial charge < -0.3 is 31.6 Å². The van der Waals surface area contributed by atoms with Gasteiger partial charge in [-0.15, -0.1) is 0 Å². The first-order chi connectivity index (χ1) is 11.5. The van der Waals surface area contributed by atoms with Crippen LogP contribution in [0.25, 0.3) is 0 Å². The number of aromatic nitrogens is 2. The Labute approximate surface area is 140 Å². The highest BCUT2D eigenvalue weighted by molar-refractivity contribution is 5.74. The smallest absolute Gasteiger partial charge is 0.197 e. The van der Waals surface area contributed by atoms with Crippen molar-refractivity contribution in [2.75, 3.05) is 12.3 Å². The fourth-order valence-electron chi connectivity index (χ4n) is 2.32. The summed E-state index contributed by atoms with van der Waals surface area (Å²) in [6.07, 6.45) is 0.748. The third-order valence-corrected chi connectivity index (χ3v) is 3.45. The third kappa shape index (κ3) is 5.90. The molecule has 8 nitrogen and oxygen atoms in total. The van der Waals surface area contributed by atoms with E-state index < -0.39 is 6.29 Å². The summed E-state index contributed by atoms with van der Waals surface area (Å²) in [4.78, 5) is 7.20. The number of aliphatic hydroxyl groups is 1. The Hall–Kier alpha value is -2.58. The van der Waals surface area contributed by atoms with Gasteiger partial charge in [-0.3, -0.25) is 5.41 Å². The Morgan fingerprint density at radius 2 is 2.12 bits per heavy atom. The highest BCUT2D eigenvalue weighted by Crippen LogP contribution is 2.14. The molecule has 2 rings (SSSR count). The van der Waals surface area contributed by atoms with Crippen molar-refractivity contribution < 1.29 is 9.84 Å². The van der Waals surface area contributed by atoms with Gasteiger partial charge in [0.25, 0.3) is 0 Å². The molecule has 0 fully saturated rings. The first kappa shape index (κ1) is 17.8. The lowest BCUT2D eigenvalue weighted by atomic mass is 10.1. The van der Waals surface area contributed by atoms with Gasteiger partial charge in [-0.25, -0.2) is 4.98 Å². The van der Waals surface area contributed by atoms with Gasteiger partial charge in [-0.05, 0) is 18.4 Å². The fourth-order valence-corrected chi connectivity index (χ4v) is 2.32. The van der Waals surface area contributed by atoms with Crippen LogP contribution in [-0.4, -0.2) is 33.9 Å². The predicted octanol–water partition coefficient (Wildman–Crippen LogP) is 0.485. The summed E-state index contributed by atoms with van der Waals surface area (Å²) in [6.45, 7) is 0.915. The molecule has 1 atom stereocenters. The zero-order valence-corrected chi connectivity index (χ0v) is 13.5. The Kier molecular flexibility index (Phi) is 6.59. The number of anilines is 1. The van der Waals surface area contributed by atoms with Gasteiger partial charge >= 0.3 is 0 Å². The van der Waals surface area contributed by atoms with Crippen molar-refractivity contribution >= 4 is 11.9 Å². The number of nitrogens with two attached hydrogens (primary N) is 2. The van der Waals surface area contributed by atoms with Crippen LogP contribution in [0.4, 0.5) is 5.95 Å². The highest BCUT2D eigenvalue weighted by atomic mass is 16.6. The number of aryl methyl sites for hydroxylation is 1. The highest BCUT2D eigenvalue weighted by Gasteiger charge is 2.14. The second-order valence-electron chi connectivity index (χ2n) is 5.45. The van der Waals surface area contributed by atoms with Gasteiger partial charge in [0.2, 0.25) is 0 Å². The zero-order chi connectivity index (χ0) is 17.4.